The quantitative estimate of drug-likeness (QED) is 0.402. The lowest BCUT2D eigenvalue weighted by molar-refractivity contribution is 0.146. The van der Waals surface area contributed by atoms with Gasteiger partial charge in [-0.3, -0.25) is 0 Å². The van der Waals surface area contributed by atoms with Crippen molar-refractivity contribution in [1.29, 1.82) is 0 Å². The highest BCUT2D eigenvalue weighted by molar-refractivity contribution is 7.99. The molecule has 0 atom stereocenters. The van der Waals surface area contributed by atoms with Crippen molar-refractivity contribution in [2.24, 2.45) is 0 Å². The van der Waals surface area contributed by atoms with Crippen molar-refractivity contribution in [3.63, 3.8) is 0 Å². The normalized spacial score (nSPS) is 10.6. The maximum Gasteiger partial charge on any atom is 0.0601 e. The first-order valence-corrected chi connectivity index (χ1v) is 7.48. The van der Waals surface area contributed by atoms with Gasteiger partial charge in [0.2, 0.25) is 0 Å². The van der Waals surface area contributed by atoms with Crippen LogP contribution in [0.2, 0.25) is 0 Å². The molecule has 0 fully saturated rings. The van der Waals surface area contributed by atoms with Crippen molar-refractivity contribution in [2.45, 2.75) is 11.3 Å². The molecule has 0 aromatic heterocycles. The predicted octanol–water partition coefficient (Wildman–Crippen LogP) is 3.01. The summed E-state index contributed by atoms with van der Waals surface area (Å²) in [6, 6.07) is 10.5. The Labute approximate surface area is 113 Å². The molecule has 0 spiro atoms. The van der Waals surface area contributed by atoms with Gasteiger partial charge in [-0.1, -0.05) is 18.2 Å². The third-order valence-electron chi connectivity index (χ3n) is 2.15. The highest BCUT2D eigenvalue weighted by Gasteiger charge is 1.92. The third-order valence-corrected chi connectivity index (χ3v) is 3.32. The number of thioether (sulfide) groups is 1. The van der Waals surface area contributed by atoms with Crippen molar-refractivity contribution in [3.8, 4) is 0 Å². The number of hydrogen-bond donors (Lipinski definition) is 1. The number of hydrogen-bond acceptors (Lipinski definition) is 3. The highest BCUT2D eigenvalue weighted by atomic mass is 35.5. The van der Waals surface area contributed by atoms with Crippen LogP contribution in [0, 0.1) is 0 Å². The van der Waals surface area contributed by atoms with E-state index in [1.54, 1.807) is 0 Å². The molecule has 1 rings (SSSR count). The summed E-state index contributed by atoms with van der Waals surface area (Å²) < 4.78 is 5.28. The zero-order valence-electron chi connectivity index (χ0n) is 10.0. The van der Waals surface area contributed by atoms with Gasteiger partial charge < -0.3 is 10.1 Å². The topological polar surface area (TPSA) is 21.3 Å². The second kappa shape index (κ2) is 10.9. The van der Waals surface area contributed by atoms with Crippen LogP contribution < -0.4 is 5.32 Å². The van der Waals surface area contributed by atoms with E-state index in [2.05, 4.69) is 29.6 Å². The van der Waals surface area contributed by atoms with E-state index in [1.165, 1.54) is 4.90 Å². The van der Waals surface area contributed by atoms with E-state index in [1.807, 2.05) is 17.8 Å². The van der Waals surface area contributed by atoms with Gasteiger partial charge in [-0.2, -0.15) is 0 Å². The van der Waals surface area contributed by atoms with Gasteiger partial charge in [-0.25, -0.2) is 0 Å². The lowest BCUT2D eigenvalue weighted by Crippen LogP contribution is -2.19. The van der Waals surface area contributed by atoms with Gasteiger partial charge in [0.15, 0.2) is 0 Å². The maximum atomic E-state index is 5.50. The second-order valence-corrected chi connectivity index (χ2v) is 5.11. The van der Waals surface area contributed by atoms with Crippen LogP contribution in [-0.2, 0) is 4.74 Å². The molecule has 1 aromatic rings. The van der Waals surface area contributed by atoms with Gasteiger partial charge in [0.05, 0.1) is 6.61 Å². The molecular formula is C13H20ClNOS. The molecule has 2 nitrogen and oxygen atoms in total. The van der Waals surface area contributed by atoms with Gasteiger partial charge in [0.25, 0.3) is 0 Å². The summed E-state index contributed by atoms with van der Waals surface area (Å²) in [5.74, 6) is 1.69. The van der Waals surface area contributed by atoms with Gasteiger partial charge in [0, 0.05) is 29.7 Å². The summed E-state index contributed by atoms with van der Waals surface area (Å²) in [5.41, 5.74) is 0. The lowest BCUT2D eigenvalue weighted by Gasteiger charge is -2.05. The molecule has 0 heterocycles. The monoisotopic (exact) mass is 273 g/mol. The molecule has 1 N–H and O–H groups in total. The Bertz CT molecular complexity index is 271. The largest absolute Gasteiger partial charge is 0.380 e. The number of alkyl halides is 1. The average Bonchev–Trinajstić information content (AvgIpc) is 2.38. The zero-order valence-corrected chi connectivity index (χ0v) is 11.6. The van der Waals surface area contributed by atoms with Gasteiger partial charge in [-0.15, -0.1) is 23.4 Å². The lowest BCUT2D eigenvalue weighted by atomic mass is 10.4. The zero-order chi connectivity index (χ0) is 12.2. The minimum Gasteiger partial charge on any atom is -0.380 e. The van der Waals surface area contributed by atoms with E-state index >= 15 is 0 Å². The Balaban J connectivity index is 1.85. The summed E-state index contributed by atoms with van der Waals surface area (Å²) in [6.45, 7) is 3.50. The van der Waals surface area contributed by atoms with Crippen LogP contribution in [0.1, 0.15) is 6.42 Å². The average molecular weight is 274 g/mol. The van der Waals surface area contributed by atoms with Crippen molar-refractivity contribution in [1.82, 2.24) is 5.32 Å². The van der Waals surface area contributed by atoms with Crippen molar-refractivity contribution in [3.05, 3.63) is 30.3 Å². The number of ether oxygens (including phenoxy) is 1. The number of rotatable bonds is 10. The Morgan fingerprint density at radius 1 is 1.12 bits per heavy atom. The molecule has 0 unspecified atom stereocenters. The highest BCUT2D eigenvalue weighted by Crippen LogP contribution is 2.15. The summed E-state index contributed by atoms with van der Waals surface area (Å²) >= 11 is 7.38. The van der Waals surface area contributed by atoms with Crippen LogP contribution in [0.3, 0.4) is 0 Å². The van der Waals surface area contributed by atoms with Crippen LogP contribution in [0.25, 0.3) is 0 Å². The first-order valence-electron chi connectivity index (χ1n) is 5.96. The van der Waals surface area contributed by atoms with E-state index in [4.69, 9.17) is 16.3 Å². The third kappa shape index (κ3) is 8.50. The molecule has 0 saturated carbocycles. The molecule has 1 aromatic carbocycles. The Kier molecular flexibility index (Phi) is 9.52. The SMILES string of the molecule is ClCCOCCCNCCSc1ccccc1. The van der Waals surface area contributed by atoms with Crippen LogP contribution in [0.5, 0.6) is 0 Å². The van der Waals surface area contributed by atoms with E-state index in [0.717, 1.165) is 31.9 Å². The predicted molar refractivity (Wildman–Crippen MR) is 76.2 cm³/mol. The van der Waals surface area contributed by atoms with Crippen molar-refractivity contribution < 1.29 is 4.74 Å². The fourth-order valence-electron chi connectivity index (χ4n) is 1.34. The summed E-state index contributed by atoms with van der Waals surface area (Å²) in [6.07, 6.45) is 1.05. The van der Waals surface area contributed by atoms with Crippen molar-refractivity contribution >= 4 is 23.4 Å². The molecule has 0 aliphatic heterocycles. The molecule has 0 radical (unpaired) electrons. The first kappa shape index (κ1) is 14.8. The molecule has 0 aliphatic rings. The molecule has 0 bridgehead atoms. The molecule has 96 valence electrons. The standard InChI is InChI=1S/C13H20ClNOS/c14-7-11-16-10-4-8-15-9-12-17-13-5-2-1-3-6-13/h1-3,5-6,15H,4,7-12H2. The van der Waals surface area contributed by atoms with E-state index in [0.29, 0.717) is 12.5 Å². The van der Waals surface area contributed by atoms with Crippen LogP contribution in [0.15, 0.2) is 35.2 Å². The smallest absolute Gasteiger partial charge is 0.0601 e. The molecule has 4 heteroatoms. The molecule has 0 aliphatic carbocycles. The molecule has 0 saturated heterocycles. The maximum absolute atomic E-state index is 5.50. The summed E-state index contributed by atoms with van der Waals surface area (Å²) in [5, 5.41) is 3.40. The van der Waals surface area contributed by atoms with Crippen LogP contribution in [0.4, 0.5) is 0 Å². The van der Waals surface area contributed by atoms with E-state index in [-0.39, 0.29) is 0 Å². The minimum atomic E-state index is 0.584. The first-order chi connectivity index (χ1) is 8.43. The van der Waals surface area contributed by atoms with Gasteiger partial charge in [-0.05, 0) is 25.1 Å². The molecular weight excluding hydrogens is 254 g/mol. The fraction of sp³-hybridized carbons (Fsp3) is 0.538. The van der Waals surface area contributed by atoms with Crippen LogP contribution in [-0.4, -0.2) is 37.9 Å². The summed E-state index contributed by atoms with van der Waals surface area (Å²) in [7, 11) is 0. The number of halogens is 1. The van der Waals surface area contributed by atoms with E-state index < -0.39 is 0 Å². The molecule has 17 heavy (non-hydrogen) atoms. The van der Waals surface area contributed by atoms with Gasteiger partial charge in [0.1, 0.15) is 0 Å². The Morgan fingerprint density at radius 3 is 2.71 bits per heavy atom. The van der Waals surface area contributed by atoms with Crippen LogP contribution >= 0.6 is 23.4 Å². The number of benzene rings is 1. The van der Waals surface area contributed by atoms with E-state index in [9.17, 15) is 0 Å². The summed E-state index contributed by atoms with van der Waals surface area (Å²) in [4.78, 5) is 1.33. The minimum absolute atomic E-state index is 0.584. The second-order valence-electron chi connectivity index (χ2n) is 3.57. The fourth-order valence-corrected chi connectivity index (χ4v) is 2.28. The molecule has 0 amide bonds. The Hall–Kier alpha value is -0.220. The number of nitrogens with one attached hydrogen (secondary N) is 1. The van der Waals surface area contributed by atoms with Gasteiger partial charge >= 0.3 is 0 Å². The Morgan fingerprint density at radius 2 is 1.94 bits per heavy atom. The van der Waals surface area contributed by atoms with Crippen molar-refractivity contribution in [2.75, 3.05) is 37.9 Å².